The Labute approximate surface area is 140 Å². The molecule has 25 heavy (non-hydrogen) atoms. The highest BCUT2D eigenvalue weighted by Crippen LogP contribution is 2.38. The van der Waals surface area contributed by atoms with Crippen LogP contribution in [-0.4, -0.2) is 28.6 Å². The van der Waals surface area contributed by atoms with Crippen molar-refractivity contribution in [1.82, 2.24) is 15.0 Å². The van der Waals surface area contributed by atoms with Crippen LogP contribution in [-0.2, 0) is 12.6 Å². The van der Waals surface area contributed by atoms with Crippen molar-refractivity contribution in [3.8, 4) is 5.75 Å². The molecule has 0 unspecified atom stereocenters. The van der Waals surface area contributed by atoms with Crippen molar-refractivity contribution in [3.05, 3.63) is 35.5 Å². The van der Waals surface area contributed by atoms with Crippen LogP contribution in [0.3, 0.4) is 0 Å². The van der Waals surface area contributed by atoms with Gasteiger partial charge in [-0.15, -0.1) is 0 Å². The van der Waals surface area contributed by atoms with E-state index < -0.39 is 11.7 Å². The van der Waals surface area contributed by atoms with Gasteiger partial charge in [0.05, 0.1) is 23.2 Å². The fourth-order valence-corrected chi connectivity index (χ4v) is 2.85. The second-order valence-electron chi connectivity index (χ2n) is 5.49. The summed E-state index contributed by atoms with van der Waals surface area (Å²) in [7, 11) is 1.51. The minimum absolute atomic E-state index is 0.0844. The molecule has 3 aromatic rings. The summed E-state index contributed by atoms with van der Waals surface area (Å²) in [6, 6.07) is 6.61. The first kappa shape index (κ1) is 15.6. The third-order valence-corrected chi connectivity index (χ3v) is 3.94. The Bertz CT molecular complexity index is 951. The number of rotatable bonds is 3. The first-order valence-corrected chi connectivity index (χ1v) is 7.55. The molecule has 6 nitrogen and oxygen atoms in total. The van der Waals surface area contributed by atoms with Crippen LogP contribution in [0.1, 0.15) is 11.1 Å². The fraction of sp³-hybridized carbons (Fsp3) is 0.250. The average molecular weight is 348 g/mol. The third-order valence-electron chi connectivity index (χ3n) is 3.94. The number of aromatic amines is 1. The van der Waals surface area contributed by atoms with Gasteiger partial charge in [-0.2, -0.15) is 23.1 Å². The number of hydrogen-bond acceptors (Lipinski definition) is 5. The van der Waals surface area contributed by atoms with Crippen LogP contribution in [0.25, 0.3) is 11.0 Å². The Morgan fingerprint density at radius 2 is 2.16 bits per heavy atom. The van der Waals surface area contributed by atoms with Gasteiger partial charge in [-0.25, -0.2) is 0 Å². The molecule has 0 fully saturated rings. The molecule has 0 atom stereocenters. The lowest BCUT2D eigenvalue weighted by Gasteiger charge is -2.12. The number of nitrogens with zero attached hydrogens (tertiary/aromatic N) is 2. The smallest absolute Gasteiger partial charge is 0.418 e. The van der Waals surface area contributed by atoms with E-state index in [1.165, 1.54) is 7.05 Å². The molecule has 2 aromatic heterocycles. The van der Waals surface area contributed by atoms with Crippen molar-refractivity contribution in [2.75, 3.05) is 24.3 Å². The number of alkyl halides is 3. The summed E-state index contributed by atoms with van der Waals surface area (Å²) in [6.45, 7) is 0.567. The highest BCUT2D eigenvalue weighted by Gasteiger charge is 2.35. The van der Waals surface area contributed by atoms with Crippen molar-refractivity contribution < 1.29 is 17.9 Å². The summed E-state index contributed by atoms with van der Waals surface area (Å²) in [5.74, 6) is 0.914. The number of ether oxygens (including phenoxy) is 1. The van der Waals surface area contributed by atoms with E-state index in [2.05, 4.69) is 31.7 Å². The second-order valence-corrected chi connectivity index (χ2v) is 5.49. The van der Waals surface area contributed by atoms with Crippen molar-refractivity contribution in [2.45, 2.75) is 12.6 Å². The summed E-state index contributed by atoms with van der Waals surface area (Å²) in [5.41, 5.74) is 0.876. The number of fused-ring (bicyclic) bond motifs is 2. The molecule has 3 N–H and O–H groups in total. The minimum Gasteiger partial charge on any atom is -0.491 e. The summed E-state index contributed by atoms with van der Waals surface area (Å²) in [6.07, 6.45) is -2.84. The predicted molar refractivity (Wildman–Crippen MR) is 86.2 cm³/mol. The molecular weight excluding hydrogens is 335 g/mol. The normalized spacial score (nSPS) is 13.6. The van der Waals surface area contributed by atoms with E-state index in [1.54, 1.807) is 12.1 Å². The van der Waals surface area contributed by atoms with Crippen LogP contribution in [0.15, 0.2) is 18.3 Å². The zero-order chi connectivity index (χ0) is 17.6. The maximum Gasteiger partial charge on any atom is 0.418 e. The quantitative estimate of drug-likeness (QED) is 0.676. The molecule has 0 amide bonds. The number of hydrogen-bond donors (Lipinski definition) is 3. The van der Waals surface area contributed by atoms with Gasteiger partial charge >= 0.3 is 6.18 Å². The molecule has 1 aromatic carbocycles. The summed E-state index contributed by atoms with van der Waals surface area (Å²) < 4.78 is 45.0. The van der Waals surface area contributed by atoms with Gasteiger partial charge in [0.2, 0.25) is 5.95 Å². The second kappa shape index (κ2) is 5.54. The molecule has 1 aliphatic rings. The Hall–Kier alpha value is -2.97. The zero-order valence-corrected chi connectivity index (χ0v) is 13.1. The van der Waals surface area contributed by atoms with Crippen LogP contribution in [0.2, 0.25) is 0 Å². The number of nitrogens with one attached hydrogen (secondary N) is 3. The number of H-pyrrole nitrogens is 1. The van der Waals surface area contributed by atoms with Gasteiger partial charge < -0.3 is 20.4 Å². The van der Waals surface area contributed by atoms with Gasteiger partial charge in [-0.05, 0) is 12.1 Å². The minimum atomic E-state index is -4.49. The lowest BCUT2D eigenvalue weighted by atomic mass is 10.1. The van der Waals surface area contributed by atoms with E-state index in [4.69, 9.17) is 4.74 Å². The van der Waals surface area contributed by atoms with Crippen LogP contribution in [0, 0.1) is 6.07 Å². The maximum absolute atomic E-state index is 13.1. The molecule has 1 radical (unpaired) electrons. The highest BCUT2D eigenvalue weighted by atomic mass is 19.4. The van der Waals surface area contributed by atoms with Gasteiger partial charge in [0.1, 0.15) is 17.2 Å². The third kappa shape index (κ3) is 2.61. The molecule has 129 valence electrons. The standard InChI is InChI=1S/C16H13F3N5O/c1-20-13-11-9(16(17,18)19)7-21-14(11)24-15(23-13)22-10-4-2-3-8-5-6-25-12(8)10/h2,4,7H,5-6H2,1H3,(H3,20,21,22,23,24). The molecular formula is C16H13F3N5O. The average Bonchev–Trinajstić information content (AvgIpc) is 3.20. The molecule has 0 bridgehead atoms. The Balaban J connectivity index is 1.78. The van der Waals surface area contributed by atoms with E-state index >= 15 is 0 Å². The number of benzene rings is 1. The summed E-state index contributed by atoms with van der Waals surface area (Å²) in [5, 5.41) is 5.62. The molecule has 1 aliphatic heterocycles. The van der Waals surface area contributed by atoms with E-state index in [-0.39, 0.29) is 22.8 Å². The highest BCUT2D eigenvalue weighted by molar-refractivity contribution is 5.92. The van der Waals surface area contributed by atoms with E-state index in [0.717, 1.165) is 18.2 Å². The van der Waals surface area contributed by atoms with E-state index in [1.807, 2.05) is 0 Å². The Morgan fingerprint density at radius 3 is 2.92 bits per heavy atom. The largest absolute Gasteiger partial charge is 0.491 e. The van der Waals surface area contributed by atoms with Gasteiger partial charge in [-0.3, -0.25) is 0 Å². The van der Waals surface area contributed by atoms with Crippen LogP contribution in [0.5, 0.6) is 5.75 Å². The number of aromatic nitrogens is 3. The predicted octanol–water partition coefficient (Wildman–Crippen LogP) is 3.50. The number of halogens is 3. The summed E-state index contributed by atoms with van der Waals surface area (Å²) in [4.78, 5) is 10.9. The van der Waals surface area contributed by atoms with Crippen molar-refractivity contribution in [2.24, 2.45) is 0 Å². The van der Waals surface area contributed by atoms with Gasteiger partial charge in [0, 0.05) is 25.2 Å². The molecule has 3 heterocycles. The fourth-order valence-electron chi connectivity index (χ4n) is 2.85. The first-order valence-electron chi connectivity index (χ1n) is 7.55. The van der Waals surface area contributed by atoms with Crippen molar-refractivity contribution >= 4 is 28.5 Å². The molecule has 0 saturated carbocycles. The van der Waals surface area contributed by atoms with Crippen molar-refractivity contribution in [3.63, 3.8) is 0 Å². The molecule has 4 rings (SSSR count). The van der Waals surface area contributed by atoms with Crippen LogP contribution in [0.4, 0.5) is 30.6 Å². The van der Waals surface area contributed by atoms with Gasteiger partial charge in [0.25, 0.3) is 0 Å². The molecule has 9 heteroatoms. The molecule has 0 spiro atoms. The molecule has 0 aliphatic carbocycles. The van der Waals surface area contributed by atoms with Gasteiger partial charge in [0.15, 0.2) is 0 Å². The van der Waals surface area contributed by atoms with Gasteiger partial charge in [-0.1, -0.05) is 6.07 Å². The lowest BCUT2D eigenvalue weighted by Crippen LogP contribution is -2.07. The molecule has 0 saturated heterocycles. The zero-order valence-electron chi connectivity index (χ0n) is 13.1. The van der Waals surface area contributed by atoms with Crippen LogP contribution >= 0.6 is 0 Å². The SMILES string of the molecule is CNc1nc(Nc2cc[c]c3c2OCC3)nc2[nH]cc(C(F)(F)F)c12. The summed E-state index contributed by atoms with van der Waals surface area (Å²) >= 11 is 0. The Kier molecular flexibility index (Phi) is 3.45. The lowest BCUT2D eigenvalue weighted by molar-refractivity contribution is -0.136. The monoisotopic (exact) mass is 348 g/mol. The van der Waals surface area contributed by atoms with E-state index in [0.29, 0.717) is 18.0 Å². The topological polar surface area (TPSA) is 74.9 Å². The van der Waals surface area contributed by atoms with Crippen molar-refractivity contribution in [1.29, 1.82) is 0 Å². The van der Waals surface area contributed by atoms with Crippen LogP contribution < -0.4 is 15.4 Å². The maximum atomic E-state index is 13.1. The van der Waals surface area contributed by atoms with E-state index in [9.17, 15) is 13.2 Å². The first-order chi connectivity index (χ1) is 12.0. The number of anilines is 3. The Morgan fingerprint density at radius 1 is 1.32 bits per heavy atom.